The summed E-state index contributed by atoms with van der Waals surface area (Å²) in [6, 6.07) is 5.94. The van der Waals surface area contributed by atoms with Gasteiger partial charge in [0.2, 0.25) is 0 Å². The van der Waals surface area contributed by atoms with Crippen LogP contribution in [0.3, 0.4) is 0 Å². The number of hydrogen-bond acceptors (Lipinski definition) is 4. The highest BCUT2D eigenvalue weighted by Crippen LogP contribution is 2.35. The Bertz CT molecular complexity index is 622. The van der Waals surface area contributed by atoms with Crippen LogP contribution in [0.1, 0.15) is 24.2 Å². The first-order valence-electron chi connectivity index (χ1n) is 7.01. The standard InChI is InChI=1S/C15H18ClN3O2/c1-3-17-14(15-11(16)9-18-19(15)2)10-4-5-12-13(8-10)21-7-6-20-12/h4-5,8-9,14,17H,3,6-7H2,1-2H3. The summed E-state index contributed by atoms with van der Waals surface area (Å²) in [4.78, 5) is 0. The molecule has 0 saturated carbocycles. The molecule has 1 atom stereocenters. The third kappa shape index (κ3) is 2.71. The lowest BCUT2D eigenvalue weighted by molar-refractivity contribution is 0.171. The summed E-state index contributed by atoms with van der Waals surface area (Å²) in [5.41, 5.74) is 2.02. The van der Waals surface area contributed by atoms with Gasteiger partial charge in [0.25, 0.3) is 0 Å². The van der Waals surface area contributed by atoms with E-state index in [1.165, 1.54) is 0 Å². The van der Waals surface area contributed by atoms with Crippen LogP contribution in [0.15, 0.2) is 24.4 Å². The number of aromatic nitrogens is 2. The molecule has 0 bridgehead atoms. The fraction of sp³-hybridized carbons (Fsp3) is 0.400. The second-order valence-corrected chi connectivity index (χ2v) is 5.30. The van der Waals surface area contributed by atoms with E-state index in [1.54, 1.807) is 10.9 Å². The van der Waals surface area contributed by atoms with Crippen LogP contribution in [-0.4, -0.2) is 29.5 Å². The molecule has 2 heterocycles. The molecule has 5 nitrogen and oxygen atoms in total. The van der Waals surface area contributed by atoms with Crippen LogP contribution >= 0.6 is 11.6 Å². The number of hydrogen-bond donors (Lipinski definition) is 1. The minimum absolute atomic E-state index is 0.0363. The van der Waals surface area contributed by atoms with Crippen molar-refractivity contribution in [3.05, 3.63) is 40.7 Å². The van der Waals surface area contributed by atoms with Gasteiger partial charge in [-0.25, -0.2) is 0 Å². The summed E-state index contributed by atoms with van der Waals surface area (Å²) < 4.78 is 13.0. The van der Waals surface area contributed by atoms with Gasteiger partial charge in [-0.05, 0) is 24.2 Å². The number of ether oxygens (including phenoxy) is 2. The number of aryl methyl sites for hydroxylation is 1. The first-order chi connectivity index (χ1) is 10.2. The molecule has 1 aromatic carbocycles. The summed E-state index contributed by atoms with van der Waals surface area (Å²) in [5.74, 6) is 1.57. The molecule has 0 saturated heterocycles. The molecule has 1 unspecified atom stereocenters. The van der Waals surface area contributed by atoms with Crippen molar-refractivity contribution in [2.24, 2.45) is 7.05 Å². The molecule has 112 valence electrons. The normalized spacial score (nSPS) is 15.0. The maximum absolute atomic E-state index is 6.29. The number of nitrogens with zero attached hydrogens (tertiary/aromatic N) is 2. The van der Waals surface area contributed by atoms with E-state index in [1.807, 2.05) is 25.2 Å². The number of nitrogens with one attached hydrogen (secondary N) is 1. The zero-order valence-corrected chi connectivity index (χ0v) is 12.9. The Morgan fingerprint density at radius 1 is 1.33 bits per heavy atom. The van der Waals surface area contributed by atoms with Crippen LogP contribution in [-0.2, 0) is 7.05 Å². The number of fused-ring (bicyclic) bond motifs is 1. The predicted molar refractivity (Wildman–Crippen MR) is 81.2 cm³/mol. The van der Waals surface area contributed by atoms with Crippen molar-refractivity contribution >= 4 is 11.6 Å². The van der Waals surface area contributed by atoms with E-state index in [0.717, 1.165) is 29.3 Å². The van der Waals surface area contributed by atoms with Gasteiger partial charge in [0.05, 0.1) is 23.0 Å². The third-order valence-electron chi connectivity index (χ3n) is 3.52. The number of benzene rings is 1. The molecule has 0 aliphatic carbocycles. The molecule has 1 aliphatic rings. The van der Waals surface area contributed by atoms with E-state index in [4.69, 9.17) is 21.1 Å². The highest BCUT2D eigenvalue weighted by Gasteiger charge is 2.22. The quantitative estimate of drug-likeness (QED) is 0.943. The average Bonchev–Trinajstić information content (AvgIpc) is 2.84. The van der Waals surface area contributed by atoms with Gasteiger partial charge in [-0.3, -0.25) is 4.68 Å². The first-order valence-corrected chi connectivity index (χ1v) is 7.38. The molecule has 2 aromatic rings. The summed E-state index contributed by atoms with van der Waals surface area (Å²) in [6.45, 7) is 4.06. The van der Waals surface area contributed by atoms with Gasteiger partial charge in [0.1, 0.15) is 13.2 Å². The molecule has 21 heavy (non-hydrogen) atoms. The summed E-state index contributed by atoms with van der Waals surface area (Å²) in [5, 5.41) is 8.32. The fourth-order valence-electron chi connectivity index (χ4n) is 2.56. The predicted octanol–water partition coefficient (Wildman–Crippen LogP) is 2.54. The minimum Gasteiger partial charge on any atom is -0.486 e. The second kappa shape index (κ2) is 5.95. The lowest BCUT2D eigenvalue weighted by atomic mass is 10.0. The van der Waals surface area contributed by atoms with Crippen LogP contribution in [0.5, 0.6) is 11.5 Å². The van der Waals surface area contributed by atoms with Crippen LogP contribution in [0.4, 0.5) is 0 Å². The largest absolute Gasteiger partial charge is 0.486 e. The molecule has 1 aliphatic heterocycles. The van der Waals surface area contributed by atoms with Crippen molar-refractivity contribution in [1.82, 2.24) is 15.1 Å². The van der Waals surface area contributed by atoms with Crippen molar-refractivity contribution < 1.29 is 9.47 Å². The Morgan fingerprint density at radius 2 is 2.10 bits per heavy atom. The fourth-order valence-corrected chi connectivity index (χ4v) is 2.84. The molecular weight excluding hydrogens is 290 g/mol. The molecule has 3 rings (SSSR count). The molecule has 1 N–H and O–H groups in total. The minimum atomic E-state index is -0.0363. The number of rotatable bonds is 4. The second-order valence-electron chi connectivity index (χ2n) is 4.90. The van der Waals surface area contributed by atoms with Crippen molar-refractivity contribution in [3.63, 3.8) is 0 Å². The third-order valence-corrected chi connectivity index (χ3v) is 3.81. The van der Waals surface area contributed by atoms with Crippen LogP contribution in [0.25, 0.3) is 0 Å². The molecule has 6 heteroatoms. The van der Waals surface area contributed by atoms with Crippen molar-refractivity contribution in [1.29, 1.82) is 0 Å². The summed E-state index contributed by atoms with van der Waals surface area (Å²) >= 11 is 6.29. The summed E-state index contributed by atoms with van der Waals surface area (Å²) in [7, 11) is 1.89. The smallest absolute Gasteiger partial charge is 0.161 e. The highest BCUT2D eigenvalue weighted by atomic mass is 35.5. The molecule has 0 radical (unpaired) electrons. The Morgan fingerprint density at radius 3 is 2.76 bits per heavy atom. The van der Waals surface area contributed by atoms with Gasteiger partial charge in [-0.15, -0.1) is 0 Å². The zero-order valence-electron chi connectivity index (χ0n) is 12.1. The Labute approximate surface area is 128 Å². The van der Waals surface area contributed by atoms with E-state index in [-0.39, 0.29) is 6.04 Å². The molecule has 0 amide bonds. The molecule has 1 aromatic heterocycles. The SMILES string of the molecule is CCNC(c1ccc2c(c1)OCCO2)c1c(Cl)cnn1C. The van der Waals surface area contributed by atoms with Gasteiger partial charge >= 0.3 is 0 Å². The number of halogens is 1. The van der Waals surface area contributed by atoms with Crippen molar-refractivity contribution in [3.8, 4) is 11.5 Å². The molecular formula is C15H18ClN3O2. The Hall–Kier alpha value is -1.72. The van der Waals surface area contributed by atoms with Crippen LogP contribution in [0.2, 0.25) is 5.02 Å². The zero-order chi connectivity index (χ0) is 14.8. The van der Waals surface area contributed by atoms with Gasteiger partial charge < -0.3 is 14.8 Å². The average molecular weight is 308 g/mol. The Kier molecular flexibility index (Phi) is 4.03. The van der Waals surface area contributed by atoms with E-state index in [2.05, 4.69) is 17.3 Å². The van der Waals surface area contributed by atoms with E-state index >= 15 is 0 Å². The lowest BCUT2D eigenvalue weighted by Crippen LogP contribution is -2.25. The van der Waals surface area contributed by atoms with E-state index < -0.39 is 0 Å². The maximum atomic E-state index is 6.29. The van der Waals surface area contributed by atoms with Gasteiger partial charge in [-0.1, -0.05) is 24.6 Å². The van der Waals surface area contributed by atoms with Gasteiger partial charge in [0, 0.05) is 7.05 Å². The summed E-state index contributed by atoms with van der Waals surface area (Å²) in [6.07, 6.45) is 1.67. The van der Waals surface area contributed by atoms with Crippen molar-refractivity contribution in [2.45, 2.75) is 13.0 Å². The van der Waals surface area contributed by atoms with E-state index in [9.17, 15) is 0 Å². The van der Waals surface area contributed by atoms with Crippen molar-refractivity contribution in [2.75, 3.05) is 19.8 Å². The molecule has 0 spiro atoms. The van der Waals surface area contributed by atoms with Gasteiger partial charge in [-0.2, -0.15) is 5.10 Å². The molecule has 0 fully saturated rings. The van der Waals surface area contributed by atoms with Crippen LogP contribution in [0, 0.1) is 0 Å². The monoisotopic (exact) mass is 307 g/mol. The van der Waals surface area contributed by atoms with E-state index in [0.29, 0.717) is 18.2 Å². The first kappa shape index (κ1) is 14.2. The van der Waals surface area contributed by atoms with Gasteiger partial charge in [0.15, 0.2) is 11.5 Å². The lowest BCUT2D eigenvalue weighted by Gasteiger charge is -2.23. The topological polar surface area (TPSA) is 48.3 Å². The van der Waals surface area contributed by atoms with Crippen LogP contribution < -0.4 is 14.8 Å². The highest BCUT2D eigenvalue weighted by molar-refractivity contribution is 6.31. The Balaban J connectivity index is 2.01. The maximum Gasteiger partial charge on any atom is 0.161 e.